The van der Waals surface area contributed by atoms with Crippen LogP contribution in [0.1, 0.15) is 13.3 Å². The van der Waals surface area contributed by atoms with Crippen molar-refractivity contribution in [2.75, 3.05) is 16.4 Å². The molecular formula is C17H15ClF2N2O2S. The molecule has 2 rings (SSSR count). The third kappa shape index (κ3) is 6.03. The largest absolute Gasteiger partial charge is 0.326 e. The fraction of sp³-hybridized carbons (Fsp3) is 0.176. The fourth-order valence-electron chi connectivity index (χ4n) is 1.94. The van der Waals surface area contributed by atoms with E-state index in [1.807, 2.05) is 0 Å². The van der Waals surface area contributed by atoms with E-state index in [9.17, 15) is 18.4 Å². The van der Waals surface area contributed by atoms with E-state index in [1.54, 1.807) is 12.1 Å². The Kier molecular flexibility index (Phi) is 6.78. The van der Waals surface area contributed by atoms with Gasteiger partial charge in [0, 0.05) is 29.7 Å². The van der Waals surface area contributed by atoms with Crippen LogP contribution < -0.4 is 10.6 Å². The van der Waals surface area contributed by atoms with Gasteiger partial charge < -0.3 is 10.6 Å². The van der Waals surface area contributed by atoms with Gasteiger partial charge in [-0.2, -0.15) is 0 Å². The molecule has 8 heteroatoms. The smallest absolute Gasteiger partial charge is 0.225 e. The van der Waals surface area contributed by atoms with Crippen molar-refractivity contribution in [1.82, 2.24) is 0 Å². The highest BCUT2D eigenvalue weighted by Crippen LogP contribution is 2.26. The molecule has 2 N–H and O–H groups in total. The van der Waals surface area contributed by atoms with Gasteiger partial charge >= 0.3 is 0 Å². The number of thioether (sulfide) groups is 1. The Bertz CT molecular complexity index is 802. The summed E-state index contributed by atoms with van der Waals surface area (Å²) in [6, 6.07) is 8.36. The van der Waals surface area contributed by atoms with Crippen molar-refractivity contribution in [2.24, 2.45) is 0 Å². The number of nitrogens with one attached hydrogen (secondary N) is 2. The number of benzene rings is 2. The lowest BCUT2D eigenvalue weighted by atomic mass is 10.2. The molecule has 0 aliphatic rings. The zero-order chi connectivity index (χ0) is 18.4. The second-order valence-electron chi connectivity index (χ2n) is 5.10. The summed E-state index contributed by atoms with van der Waals surface area (Å²) in [4.78, 5) is 23.5. The third-order valence-corrected chi connectivity index (χ3v) is 4.36. The molecule has 4 nitrogen and oxygen atoms in total. The van der Waals surface area contributed by atoms with Crippen molar-refractivity contribution in [3.8, 4) is 0 Å². The van der Waals surface area contributed by atoms with Crippen LogP contribution in [-0.4, -0.2) is 17.6 Å². The van der Waals surface area contributed by atoms with E-state index in [2.05, 4.69) is 10.6 Å². The highest BCUT2D eigenvalue weighted by molar-refractivity contribution is 7.99. The average Bonchev–Trinajstić information content (AvgIpc) is 2.53. The molecule has 0 atom stereocenters. The van der Waals surface area contributed by atoms with E-state index in [4.69, 9.17) is 11.6 Å². The van der Waals surface area contributed by atoms with Gasteiger partial charge in [-0.05, 0) is 36.4 Å². The van der Waals surface area contributed by atoms with Crippen molar-refractivity contribution in [1.29, 1.82) is 0 Å². The number of hydrogen-bond acceptors (Lipinski definition) is 3. The first-order valence-corrected chi connectivity index (χ1v) is 8.66. The van der Waals surface area contributed by atoms with Crippen molar-refractivity contribution in [2.45, 2.75) is 18.2 Å². The van der Waals surface area contributed by atoms with Crippen LogP contribution in [0.5, 0.6) is 0 Å². The van der Waals surface area contributed by atoms with Crippen molar-refractivity contribution >= 4 is 46.6 Å². The van der Waals surface area contributed by atoms with Crippen LogP contribution in [0, 0.1) is 11.6 Å². The minimum atomic E-state index is -0.914. The van der Waals surface area contributed by atoms with Crippen molar-refractivity contribution in [3.63, 3.8) is 0 Å². The Balaban J connectivity index is 1.84. The molecule has 0 aromatic heterocycles. The normalized spacial score (nSPS) is 10.4. The molecule has 0 bridgehead atoms. The van der Waals surface area contributed by atoms with Gasteiger partial charge in [0.25, 0.3) is 0 Å². The zero-order valence-electron chi connectivity index (χ0n) is 13.2. The average molecular weight is 385 g/mol. The molecule has 0 saturated heterocycles. The first kappa shape index (κ1) is 19.2. The van der Waals surface area contributed by atoms with Gasteiger partial charge in [-0.3, -0.25) is 9.59 Å². The summed E-state index contributed by atoms with van der Waals surface area (Å²) >= 11 is 7.29. The standard InChI is InChI=1S/C17H15ClF2N2O2S/c1-10(23)21-16-5-2-11(8-13(16)18)22-17(24)6-7-25-12-3-4-14(19)15(20)9-12/h2-5,8-9H,6-7H2,1H3,(H,21,23)(H,22,24). The monoisotopic (exact) mass is 384 g/mol. The van der Waals surface area contributed by atoms with E-state index in [-0.39, 0.29) is 18.2 Å². The molecule has 2 aromatic carbocycles. The molecule has 25 heavy (non-hydrogen) atoms. The predicted molar refractivity (Wildman–Crippen MR) is 96.1 cm³/mol. The number of hydrogen-bond donors (Lipinski definition) is 2. The summed E-state index contributed by atoms with van der Waals surface area (Å²) in [5.74, 6) is -1.88. The van der Waals surface area contributed by atoms with E-state index in [0.29, 0.717) is 27.0 Å². The predicted octanol–water partition coefficient (Wildman–Crippen LogP) is 4.70. The molecule has 0 spiro atoms. The Hall–Kier alpha value is -2.12. The lowest BCUT2D eigenvalue weighted by molar-refractivity contribution is -0.116. The summed E-state index contributed by atoms with van der Waals surface area (Å²) in [5, 5.41) is 5.57. The zero-order valence-corrected chi connectivity index (χ0v) is 14.8. The van der Waals surface area contributed by atoms with Crippen LogP contribution in [0.25, 0.3) is 0 Å². The molecule has 0 unspecified atom stereocenters. The van der Waals surface area contributed by atoms with Gasteiger partial charge in [-0.1, -0.05) is 11.6 Å². The maximum Gasteiger partial charge on any atom is 0.225 e. The van der Waals surface area contributed by atoms with E-state index < -0.39 is 11.6 Å². The molecule has 0 saturated carbocycles. The van der Waals surface area contributed by atoms with Gasteiger partial charge in [0.15, 0.2) is 11.6 Å². The summed E-state index contributed by atoms with van der Waals surface area (Å²) in [7, 11) is 0. The number of rotatable bonds is 6. The quantitative estimate of drug-likeness (QED) is 0.710. The summed E-state index contributed by atoms with van der Waals surface area (Å²) in [5.41, 5.74) is 0.961. The number of amides is 2. The first-order valence-electron chi connectivity index (χ1n) is 7.30. The lowest BCUT2D eigenvalue weighted by Crippen LogP contribution is -2.12. The van der Waals surface area contributed by atoms with Gasteiger partial charge in [-0.25, -0.2) is 8.78 Å². The maximum absolute atomic E-state index is 13.1. The SMILES string of the molecule is CC(=O)Nc1ccc(NC(=O)CCSc2ccc(F)c(F)c2)cc1Cl. The van der Waals surface area contributed by atoms with E-state index in [1.165, 1.54) is 30.8 Å². The Morgan fingerprint density at radius 3 is 2.48 bits per heavy atom. The molecule has 2 amide bonds. The summed E-state index contributed by atoms with van der Waals surface area (Å²) < 4.78 is 25.9. The van der Waals surface area contributed by atoms with Crippen molar-refractivity contribution < 1.29 is 18.4 Å². The van der Waals surface area contributed by atoms with Gasteiger partial charge in [0.1, 0.15) is 0 Å². The first-order chi connectivity index (χ1) is 11.8. The maximum atomic E-state index is 13.1. The van der Waals surface area contributed by atoms with E-state index in [0.717, 1.165) is 12.1 Å². The number of anilines is 2. The minimum Gasteiger partial charge on any atom is -0.326 e. The molecule has 2 aromatic rings. The van der Waals surface area contributed by atoms with Crippen LogP contribution in [0.4, 0.5) is 20.2 Å². The summed E-state index contributed by atoms with van der Waals surface area (Å²) in [6.45, 7) is 1.37. The molecule has 0 radical (unpaired) electrons. The number of carbonyl (C=O) groups is 2. The molecule has 0 fully saturated rings. The lowest BCUT2D eigenvalue weighted by Gasteiger charge is -2.09. The van der Waals surface area contributed by atoms with Crippen LogP contribution in [0.3, 0.4) is 0 Å². The molecular weight excluding hydrogens is 370 g/mol. The molecule has 0 aliphatic carbocycles. The summed E-state index contributed by atoms with van der Waals surface area (Å²) in [6.07, 6.45) is 0.189. The molecule has 0 heterocycles. The Labute approximate surface area is 152 Å². The Morgan fingerprint density at radius 1 is 1.08 bits per heavy atom. The molecule has 0 aliphatic heterocycles. The number of carbonyl (C=O) groups excluding carboxylic acids is 2. The number of halogens is 3. The van der Waals surface area contributed by atoms with Crippen LogP contribution >= 0.6 is 23.4 Å². The van der Waals surface area contributed by atoms with Crippen LogP contribution in [-0.2, 0) is 9.59 Å². The fourth-order valence-corrected chi connectivity index (χ4v) is 3.04. The molecule has 132 valence electrons. The van der Waals surface area contributed by atoms with Crippen LogP contribution in [0.2, 0.25) is 5.02 Å². The van der Waals surface area contributed by atoms with Crippen molar-refractivity contribution in [3.05, 3.63) is 53.1 Å². The van der Waals surface area contributed by atoms with Gasteiger partial charge in [-0.15, -0.1) is 11.8 Å². The highest BCUT2D eigenvalue weighted by atomic mass is 35.5. The topological polar surface area (TPSA) is 58.2 Å². The second-order valence-corrected chi connectivity index (χ2v) is 6.67. The highest BCUT2D eigenvalue weighted by Gasteiger charge is 2.08. The van der Waals surface area contributed by atoms with Gasteiger partial charge in [0.2, 0.25) is 11.8 Å². The third-order valence-electron chi connectivity index (χ3n) is 3.05. The van der Waals surface area contributed by atoms with Gasteiger partial charge in [0.05, 0.1) is 10.7 Å². The minimum absolute atomic E-state index is 0.189. The second kappa shape index (κ2) is 8.82. The van der Waals surface area contributed by atoms with E-state index >= 15 is 0 Å². The Morgan fingerprint density at radius 2 is 1.84 bits per heavy atom. The van der Waals surface area contributed by atoms with Crippen LogP contribution in [0.15, 0.2) is 41.3 Å².